The van der Waals surface area contributed by atoms with Crippen LogP contribution in [0, 0.1) is 128 Å². The van der Waals surface area contributed by atoms with E-state index in [9.17, 15) is 0 Å². The highest BCUT2D eigenvalue weighted by atomic mass is 14.9. The molecule has 12 rings (SSSR count). The number of aryl methyl sites for hydroxylation is 21. The van der Waals surface area contributed by atoms with Gasteiger partial charge in [-0.3, -0.25) is 0 Å². The predicted molar refractivity (Wildman–Crippen MR) is 450 cm³/mol. The molecule has 0 radical (unpaired) electrons. The molecule has 4 aromatic heterocycles. The molecule has 4 nitrogen and oxygen atoms in total. The minimum Gasteiger partial charge on any atom is -0.201 e. The molecule has 542 valence electrons. The first kappa shape index (κ1) is 48.5. The average Bonchev–Trinajstić information content (AvgIpc) is 0.767. The van der Waals surface area contributed by atoms with Gasteiger partial charge in [-0.1, -0.05) is 175 Å². The van der Waals surface area contributed by atoms with Crippen LogP contribution in [0.4, 0.5) is 0 Å². The van der Waals surface area contributed by atoms with Crippen molar-refractivity contribution in [3.8, 4) is 89.5 Å². The number of hydrogen-bond acceptors (Lipinski definition) is 0. The molecule has 0 amide bonds. The van der Waals surface area contributed by atoms with Crippen LogP contribution < -0.4 is 18.3 Å². The molecular formula is C101H122N4+4. The zero-order valence-electron chi connectivity index (χ0n) is 93.8. The lowest BCUT2D eigenvalue weighted by Crippen LogP contribution is -2.31. The molecule has 0 fully saturated rings. The largest absolute Gasteiger partial charge is 0.212 e. The summed E-state index contributed by atoms with van der Waals surface area (Å²) in [7, 11) is 7.16. The quantitative estimate of drug-likeness (QED) is 0.108. The molecule has 0 saturated carbocycles. The molecule has 8 aromatic carbocycles. The number of aromatic nitrogens is 4. The Hall–Kier alpha value is -9.64. The molecule has 0 N–H and O–H groups in total. The molecule has 0 atom stereocenters. The highest BCUT2D eigenvalue weighted by molar-refractivity contribution is 5.80. The van der Waals surface area contributed by atoms with Crippen LogP contribution in [-0.2, 0) is 40.9 Å². The fourth-order valence-electron chi connectivity index (χ4n) is 13.1. The van der Waals surface area contributed by atoms with Gasteiger partial charge in [0, 0.05) is 109 Å². The molecule has 0 unspecified atom stereocenters. The summed E-state index contributed by atoms with van der Waals surface area (Å²) in [5, 5.41) is 0. The zero-order chi connectivity index (χ0) is 101. The topological polar surface area (TPSA) is 15.5 Å². The van der Waals surface area contributed by atoms with Crippen LogP contribution in [-0.4, -0.2) is 0 Å². The van der Waals surface area contributed by atoms with E-state index in [-0.39, 0.29) is 39.3 Å². The number of hydrogen-bond donors (Lipinski definition) is 0. The van der Waals surface area contributed by atoms with Crippen molar-refractivity contribution in [3.63, 3.8) is 0 Å². The highest BCUT2D eigenvalue weighted by Crippen LogP contribution is 2.38. The van der Waals surface area contributed by atoms with Crippen molar-refractivity contribution in [1.82, 2.24) is 0 Å². The molecule has 4 heterocycles. The Morgan fingerprint density at radius 3 is 0.914 bits per heavy atom. The van der Waals surface area contributed by atoms with Gasteiger partial charge in [-0.15, -0.1) is 0 Å². The molecule has 4 heteroatoms. The van der Waals surface area contributed by atoms with Gasteiger partial charge < -0.3 is 0 Å². The lowest BCUT2D eigenvalue weighted by atomic mass is 9.86. The van der Waals surface area contributed by atoms with Crippen molar-refractivity contribution >= 4 is 0 Å². The van der Waals surface area contributed by atoms with Crippen LogP contribution in [0.2, 0.25) is 0 Å². The summed E-state index contributed by atoms with van der Waals surface area (Å²) in [6.07, 6.45) is 3.27. The van der Waals surface area contributed by atoms with E-state index in [1.807, 2.05) is 173 Å². The van der Waals surface area contributed by atoms with Crippen molar-refractivity contribution in [2.24, 2.45) is 39.5 Å². The van der Waals surface area contributed by atoms with E-state index in [2.05, 4.69) is 0 Å². The van der Waals surface area contributed by atoms with Crippen LogP contribution in [0.15, 0.2) is 195 Å². The number of benzene rings is 8. The van der Waals surface area contributed by atoms with E-state index in [1.54, 1.807) is 179 Å². The molecule has 0 aliphatic carbocycles. The van der Waals surface area contributed by atoms with E-state index in [0.29, 0.717) is 77.9 Å². The minimum atomic E-state index is -2.37. The molecule has 0 bridgehead atoms. The summed E-state index contributed by atoms with van der Waals surface area (Å²) in [5.41, 5.74) is 21.5. The van der Waals surface area contributed by atoms with Gasteiger partial charge in [0.2, 0.25) is 22.8 Å². The summed E-state index contributed by atoms with van der Waals surface area (Å²) in [4.78, 5) is 0. The van der Waals surface area contributed by atoms with Crippen LogP contribution in [0.3, 0.4) is 0 Å². The number of pyridine rings is 4. The summed E-state index contributed by atoms with van der Waals surface area (Å²) < 4.78 is 241. The Morgan fingerprint density at radius 1 is 0.314 bits per heavy atom. The second-order valence-electron chi connectivity index (χ2n) is 29.6. The van der Waals surface area contributed by atoms with Crippen LogP contribution in [0.1, 0.15) is 205 Å². The van der Waals surface area contributed by atoms with Crippen molar-refractivity contribution in [2.45, 2.75) is 184 Å². The van der Waals surface area contributed by atoms with Gasteiger partial charge in [-0.2, -0.15) is 0 Å². The molecule has 0 saturated heterocycles. The van der Waals surface area contributed by atoms with E-state index in [4.69, 9.17) is 39.8 Å². The molecular weight excluding hydrogens is 1270 g/mol. The minimum absolute atomic E-state index is 0.190. The standard InChI is InChI=1S/C27H34N.C26H32N.C25H30N.C23H26N/c1-18-13-26(28(8)17-21(18)4)25-15-24(19(2)12-20(25)3)23-11-9-10-22(14-23)16-27(5,6)7;1-17(2)11-22-9-8-10-23(14-22)24-15-25(20(5)12-19(24)4)26-13-18(3)21(6)16-27(26)7;1-16(2)21-9-8-10-22(13-21)23-14-24(19(5)11-18(23)4)25-12-17(3)20(6)15-26(25)7;1-15-8-7-9-20(10-15)21-13-22(18(4)11-17(21)3)23-12-16(2)19(5)14-24(23)6/h9-15,17H,16H2,1-8H3;8-10,12-17H,11H2,1-7H3;8-16H,1-7H3;7-14H,1-6H3/q4*+1/i2D3,4D3,16D2;4D3,6D3,11D2;4D3,6D3,16D;3D3,5D3. The predicted octanol–water partition coefficient (Wildman–Crippen LogP) is 24.5. The van der Waals surface area contributed by atoms with E-state index in [1.165, 1.54) is 0 Å². The lowest BCUT2D eigenvalue weighted by Gasteiger charge is -2.19. The van der Waals surface area contributed by atoms with Gasteiger partial charge in [0.25, 0.3) is 0 Å². The monoisotopic (exact) mass is 1420 g/mol. The van der Waals surface area contributed by atoms with E-state index < -0.39 is 78.9 Å². The lowest BCUT2D eigenvalue weighted by molar-refractivity contribution is -0.660. The zero-order valence-corrected chi connectivity index (χ0v) is 64.8. The van der Waals surface area contributed by atoms with Gasteiger partial charge in [0.1, 0.15) is 28.2 Å². The molecule has 0 spiro atoms. The average molecular weight is 1420 g/mol. The number of nitrogens with zero attached hydrogens (tertiary/aromatic N) is 4. The normalized spacial score (nSPS) is 16.7. The maximum absolute atomic E-state index is 8.69. The van der Waals surface area contributed by atoms with Gasteiger partial charge in [0.15, 0.2) is 24.8 Å². The summed E-state index contributed by atoms with van der Waals surface area (Å²) >= 11 is 0. The molecule has 105 heavy (non-hydrogen) atoms. The van der Waals surface area contributed by atoms with Gasteiger partial charge in [-0.25, -0.2) is 18.3 Å². The van der Waals surface area contributed by atoms with Crippen molar-refractivity contribution in [2.75, 3.05) is 0 Å². The Kier molecular flexibility index (Phi) is 15.5. The fraction of sp³-hybridized carbons (Fsp3) is 0.327. The van der Waals surface area contributed by atoms with Gasteiger partial charge in [-0.05, 0) is 299 Å². The summed E-state index contributed by atoms with van der Waals surface area (Å²) in [6.45, 7) is 11.1. The smallest absolute Gasteiger partial charge is 0.201 e. The molecule has 0 aliphatic heterocycles. The highest BCUT2D eigenvalue weighted by Gasteiger charge is 2.23. The van der Waals surface area contributed by atoms with Crippen molar-refractivity contribution in [3.05, 3.63) is 306 Å². The van der Waals surface area contributed by atoms with E-state index >= 15 is 0 Å². The first-order valence-corrected chi connectivity index (χ1v) is 35.5. The Balaban J connectivity index is 0.000000201. The Bertz CT molecular complexity index is 6390. The Labute approximate surface area is 675 Å². The van der Waals surface area contributed by atoms with Gasteiger partial charge >= 0.3 is 0 Å². The van der Waals surface area contributed by atoms with Crippen LogP contribution in [0.25, 0.3) is 89.5 Å². The SMILES string of the molecule is [2H]C([2H])([2H])c1c[n+](C)c(-c2cc(-c3cccc(C([2H])(C)C)c3)c(C([2H])([2H])[2H])cc2C)cc1C.[2H]C([2H])([2H])c1c[n+](C)c(-c2cc(-c3cccc(C([2H])([2H])C(C)(C)C)c3)c(C([2H])([2H])[2H])cc2C)cc1C.[2H]C([2H])([2H])c1c[n+](C)c(-c2cc(-c3cccc(C([2H])([2H])C(C)C)c3)c(C([2H])([2H])[2H])cc2C)cc1C.[2H]C([2H])([2H])c1c[n+](C)c(-c2cc(-c3cccc(C)c3)c(C([2H])([2H])[2H])cc2C)cc1C. The second-order valence-corrected chi connectivity index (χ2v) is 29.6. The second kappa shape index (κ2) is 33.6. The first-order valence-electron chi connectivity index (χ1n) is 50.0. The maximum atomic E-state index is 8.69. The van der Waals surface area contributed by atoms with Crippen LogP contribution in [0.5, 0.6) is 0 Å². The third kappa shape index (κ3) is 19.5. The third-order valence-electron chi connectivity index (χ3n) is 18.9. The van der Waals surface area contributed by atoms with Gasteiger partial charge in [0.05, 0.1) is 0 Å². The van der Waals surface area contributed by atoms with Crippen molar-refractivity contribution in [1.29, 1.82) is 0 Å². The number of rotatable bonds is 12. The summed E-state index contributed by atoms with van der Waals surface area (Å²) in [5.74, 6) is -1.08. The van der Waals surface area contributed by atoms with Crippen LogP contribution >= 0.6 is 0 Å². The Morgan fingerprint density at radius 2 is 0.610 bits per heavy atom. The van der Waals surface area contributed by atoms with Crippen molar-refractivity contribution < 1.29 is 58.0 Å². The maximum Gasteiger partial charge on any atom is 0.212 e. The first-order chi connectivity index (χ1) is 61.0. The van der Waals surface area contributed by atoms with E-state index in [0.717, 1.165) is 89.5 Å². The molecule has 12 aromatic rings. The summed E-state index contributed by atoms with van der Waals surface area (Å²) in [6, 6.07) is 50.8. The fourth-order valence-corrected chi connectivity index (χ4v) is 13.1. The molecule has 0 aliphatic rings. The third-order valence-corrected chi connectivity index (χ3v) is 18.9.